The van der Waals surface area contributed by atoms with E-state index >= 15 is 0 Å². The van der Waals surface area contributed by atoms with Gasteiger partial charge in [-0.3, -0.25) is 10.1 Å². The maximum absolute atomic E-state index is 10.3. The lowest BCUT2D eigenvalue weighted by molar-refractivity contribution is -0.384. The number of nitrogens with zero attached hydrogens (tertiary/aromatic N) is 4. The highest BCUT2D eigenvalue weighted by atomic mass is 16.6. The van der Waals surface area contributed by atoms with Crippen molar-refractivity contribution in [3.63, 3.8) is 0 Å². The zero-order valence-electron chi connectivity index (χ0n) is 6.84. The zero-order chi connectivity index (χ0) is 9.84. The van der Waals surface area contributed by atoms with Crippen molar-refractivity contribution < 1.29 is 4.92 Å². The molecule has 6 heteroatoms. The highest BCUT2D eigenvalue weighted by Crippen LogP contribution is 2.24. The van der Waals surface area contributed by atoms with E-state index in [0.29, 0.717) is 5.56 Å². The molecule has 1 rings (SSSR count). The Balaban J connectivity index is 3.26. The van der Waals surface area contributed by atoms with Crippen LogP contribution in [0.15, 0.2) is 23.3 Å². The van der Waals surface area contributed by atoms with Gasteiger partial charge in [-0.1, -0.05) is 11.2 Å². The molecule has 1 aromatic rings. The molecule has 66 valence electrons. The van der Waals surface area contributed by atoms with E-state index in [1.807, 2.05) is 0 Å². The highest BCUT2D eigenvalue weighted by molar-refractivity contribution is 5.52. The number of nitro benzene ring substituents is 1. The maximum atomic E-state index is 10.3. The molecule has 0 heterocycles. The van der Waals surface area contributed by atoms with Gasteiger partial charge in [-0.25, -0.2) is 0 Å². The Kier molecular flexibility index (Phi) is 2.47. The van der Waals surface area contributed by atoms with Crippen LogP contribution >= 0.6 is 0 Å². The van der Waals surface area contributed by atoms with Gasteiger partial charge in [-0.05, 0) is 18.0 Å². The second-order valence-electron chi connectivity index (χ2n) is 2.42. The number of aryl methyl sites for hydroxylation is 1. The molecule has 0 N–H and O–H groups in total. The van der Waals surface area contributed by atoms with Gasteiger partial charge in [-0.15, -0.1) is 0 Å². The van der Waals surface area contributed by atoms with Crippen molar-refractivity contribution in [1.29, 1.82) is 0 Å². The molecule has 0 unspecified atom stereocenters. The summed E-state index contributed by atoms with van der Waals surface area (Å²) in [6.45, 7) is 1.72. The fourth-order valence-electron chi connectivity index (χ4n) is 0.867. The molecule has 0 radical (unpaired) electrons. The summed E-state index contributed by atoms with van der Waals surface area (Å²) in [5.74, 6) is 0. The first-order valence-electron chi connectivity index (χ1n) is 3.45. The monoisotopic (exact) mass is 178 g/mol. The molecule has 0 aromatic heterocycles. The first-order valence-corrected chi connectivity index (χ1v) is 3.45. The number of azide groups is 1. The quantitative estimate of drug-likeness (QED) is 0.229. The summed E-state index contributed by atoms with van der Waals surface area (Å²) in [5, 5.41) is 13.7. The van der Waals surface area contributed by atoms with E-state index in [0.717, 1.165) is 0 Å². The minimum atomic E-state index is -0.532. The SMILES string of the molecule is Cc1ccc([N+](=O)[O-])cc1N=[N+]=[N-]. The molecule has 1 aromatic carbocycles. The summed E-state index contributed by atoms with van der Waals surface area (Å²) in [5.41, 5.74) is 9.09. The maximum Gasteiger partial charge on any atom is 0.269 e. The molecule has 13 heavy (non-hydrogen) atoms. The standard InChI is InChI=1S/C7H6N4O2/c1-5-2-3-6(11(12)13)4-7(5)9-10-8/h2-4H,1H3. The molecule has 0 spiro atoms. The Hall–Kier alpha value is -2.07. The van der Waals surface area contributed by atoms with Crippen LogP contribution in [0.3, 0.4) is 0 Å². The summed E-state index contributed by atoms with van der Waals surface area (Å²) in [4.78, 5) is 12.4. The molecule has 0 saturated heterocycles. The van der Waals surface area contributed by atoms with Crippen LogP contribution in [0.5, 0.6) is 0 Å². The topological polar surface area (TPSA) is 91.9 Å². The second kappa shape index (κ2) is 3.55. The first-order chi connectivity index (χ1) is 6.15. The van der Waals surface area contributed by atoms with E-state index < -0.39 is 4.92 Å². The summed E-state index contributed by atoms with van der Waals surface area (Å²) in [6.07, 6.45) is 0. The third kappa shape index (κ3) is 1.94. The van der Waals surface area contributed by atoms with Crippen LogP contribution in [0.1, 0.15) is 5.56 Å². The molecule has 0 aliphatic rings. The number of hydrogen-bond donors (Lipinski definition) is 0. The van der Waals surface area contributed by atoms with E-state index in [1.165, 1.54) is 12.1 Å². The minimum Gasteiger partial charge on any atom is -0.258 e. The summed E-state index contributed by atoms with van der Waals surface area (Å²) >= 11 is 0. The number of benzene rings is 1. The molecular formula is C7H6N4O2. The Morgan fingerprint density at radius 1 is 1.62 bits per heavy atom. The van der Waals surface area contributed by atoms with Crippen molar-refractivity contribution in [3.8, 4) is 0 Å². The lowest BCUT2D eigenvalue weighted by atomic mass is 10.2. The van der Waals surface area contributed by atoms with Crippen LogP contribution < -0.4 is 0 Å². The predicted octanol–water partition coefficient (Wildman–Crippen LogP) is 2.85. The Morgan fingerprint density at radius 2 is 2.31 bits per heavy atom. The summed E-state index contributed by atoms with van der Waals surface area (Å²) < 4.78 is 0. The van der Waals surface area contributed by atoms with E-state index in [9.17, 15) is 10.1 Å². The number of rotatable bonds is 2. The van der Waals surface area contributed by atoms with Crippen LogP contribution in [0.25, 0.3) is 10.4 Å². The van der Waals surface area contributed by atoms with Gasteiger partial charge < -0.3 is 0 Å². The third-order valence-electron chi connectivity index (χ3n) is 1.56. The van der Waals surface area contributed by atoms with E-state index in [-0.39, 0.29) is 11.4 Å². The van der Waals surface area contributed by atoms with Crippen LogP contribution in [-0.2, 0) is 0 Å². The molecule has 0 atom stereocenters. The van der Waals surface area contributed by atoms with Crippen LogP contribution in [0, 0.1) is 17.0 Å². The number of hydrogen-bond acceptors (Lipinski definition) is 3. The van der Waals surface area contributed by atoms with Crippen molar-refractivity contribution >= 4 is 11.4 Å². The van der Waals surface area contributed by atoms with E-state index in [2.05, 4.69) is 10.0 Å². The minimum absolute atomic E-state index is 0.0759. The van der Waals surface area contributed by atoms with Gasteiger partial charge in [0.15, 0.2) is 0 Å². The summed E-state index contributed by atoms with van der Waals surface area (Å²) in [7, 11) is 0. The van der Waals surface area contributed by atoms with Crippen molar-refractivity contribution in [1.82, 2.24) is 0 Å². The van der Waals surface area contributed by atoms with Gasteiger partial charge in [0.1, 0.15) is 0 Å². The highest BCUT2D eigenvalue weighted by Gasteiger charge is 2.06. The molecule has 0 saturated carbocycles. The molecule has 0 bridgehead atoms. The zero-order valence-corrected chi connectivity index (χ0v) is 6.84. The van der Waals surface area contributed by atoms with Crippen molar-refractivity contribution in [2.45, 2.75) is 6.92 Å². The second-order valence-corrected chi connectivity index (χ2v) is 2.42. The lowest BCUT2D eigenvalue weighted by Gasteiger charge is -1.97. The number of non-ortho nitro benzene ring substituents is 1. The van der Waals surface area contributed by atoms with Crippen LogP contribution in [-0.4, -0.2) is 4.92 Å². The lowest BCUT2D eigenvalue weighted by Crippen LogP contribution is -1.87. The number of nitro groups is 1. The smallest absolute Gasteiger partial charge is 0.258 e. The van der Waals surface area contributed by atoms with Crippen molar-refractivity contribution in [3.05, 3.63) is 44.3 Å². The largest absolute Gasteiger partial charge is 0.269 e. The van der Waals surface area contributed by atoms with E-state index in [4.69, 9.17) is 5.53 Å². The third-order valence-corrected chi connectivity index (χ3v) is 1.56. The van der Waals surface area contributed by atoms with Crippen LogP contribution in [0.4, 0.5) is 11.4 Å². The van der Waals surface area contributed by atoms with Gasteiger partial charge in [0.2, 0.25) is 0 Å². The van der Waals surface area contributed by atoms with Gasteiger partial charge in [0.25, 0.3) is 5.69 Å². The van der Waals surface area contributed by atoms with E-state index in [1.54, 1.807) is 13.0 Å². The predicted molar refractivity (Wildman–Crippen MR) is 46.6 cm³/mol. The molecule has 0 amide bonds. The molecule has 0 aliphatic heterocycles. The van der Waals surface area contributed by atoms with Gasteiger partial charge in [0.05, 0.1) is 4.92 Å². The van der Waals surface area contributed by atoms with Gasteiger partial charge >= 0.3 is 0 Å². The molecule has 6 nitrogen and oxygen atoms in total. The van der Waals surface area contributed by atoms with Crippen LogP contribution in [0.2, 0.25) is 0 Å². The summed E-state index contributed by atoms with van der Waals surface area (Å²) in [6, 6.07) is 4.16. The Labute approximate surface area is 73.6 Å². The fourth-order valence-corrected chi connectivity index (χ4v) is 0.867. The average Bonchev–Trinajstić information content (AvgIpc) is 2.08. The average molecular weight is 178 g/mol. The van der Waals surface area contributed by atoms with Gasteiger partial charge in [0, 0.05) is 22.7 Å². The molecule has 0 aliphatic carbocycles. The Morgan fingerprint density at radius 3 is 2.85 bits per heavy atom. The first kappa shape index (κ1) is 9.02. The fraction of sp³-hybridized carbons (Fsp3) is 0.143. The van der Waals surface area contributed by atoms with Crippen molar-refractivity contribution in [2.24, 2.45) is 5.11 Å². The normalized spacial score (nSPS) is 9.00. The van der Waals surface area contributed by atoms with Crippen molar-refractivity contribution in [2.75, 3.05) is 0 Å². The Bertz CT molecular complexity index is 395. The molecular weight excluding hydrogens is 172 g/mol. The van der Waals surface area contributed by atoms with Gasteiger partial charge in [-0.2, -0.15) is 0 Å². The molecule has 0 fully saturated rings.